The van der Waals surface area contributed by atoms with Gasteiger partial charge in [0.05, 0.1) is 34.8 Å². The molecule has 1 fully saturated rings. The average Bonchev–Trinajstić information content (AvgIpc) is 3.40. The van der Waals surface area contributed by atoms with Crippen LogP contribution in [0, 0.1) is 23.0 Å². The van der Waals surface area contributed by atoms with Gasteiger partial charge in [0.2, 0.25) is 17.7 Å². The molecule has 2 aliphatic heterocycles. The number of anilines is 3. The number of β-lactam (4-membered cyclic amide) rings is 1. The molecule has 366 valence electrons. The fourth-order valence-corrected chi connectivity index (χ4v) is 12.3. The van der Waals surface area contributed by atoms with E-state index in [-0.39, 0.29) is 60.2 Å². The largest absolute Gasteiger partial charge is 0.392 e. The van der Waals surface area contributed by atoms with Crippen LogP contribution in [0.1, 0.15) is 124 Å². The third-order valence-electron chi connectivity index (χ3n) is 14.1. The summed E-state index contributed by atoms with van der Waals surface area (Å²) >= 11 is 0. The standard InChI is InChI=1S/C55H64F2N4O7S/c1-5-7-31-55(6-2)35-69(67,68)48-30-27-44(60(3)4)33-46(48)51(53(55)65)39-11-10-12-42(32-39)59-50(64)14-9-8-13-49(63)58-34-36-15-17-38(18-16-36)52-45(28-29-47(62)37-19-21-40(56)22-20-37)54(66)61(52)43-25-23-41(57)24-26-43/h10-12,15-27,30,32-33,45,47,51-53,62,65H,5-9,13-14,28-29,31,34-35H2,1-4H3,(H,58,63)(H,59,64). The zero-order valence-corrected chi connectivity index (χ0v) is 40.7. The highest BCUT2D eigenvalue weighted by Gasteiger charge is 2.50. The molecule has 5 aromatic carbocycles. The highest BCUT2D eigenvalue weighted by molar-refractivity contribution is 7.91. The molecule has 6 atom stereocenters. The molecule has 0 aliphatic carbocycles. The smallest absolute Gasteiger partial charge is 0.233 e. The van der Waals surface area contributed by atoms with Crippen LogP contribution in [0.15, 0.2) is 120 Å². The van der Waals surface area contributed by atoms with Gasteiger partial charge in [-0.3, -0.25) is 14.4 Å². The molecule has 0 radical (unpaired) electrons. The van der Waals surface area contributed by atoms with E-state index in [1.54, 1.807) is 35.2 Å². The molecule has 0 spiro atoms. The summed E-state index contributed by atoms with van der Waals surface area (Å²) < 4.78 is 55.4. The number of aliphatic hydroxyl groups excluding tert-OH is 2. The van der Waals surface area contributed by atoms with Crippen LogP contribution in [0.25, 0.3) is 0 Å². The molecule has 2 aliphatic rings. The summed E-state index contributed by atoms with van der Waals surface area (Å²) in [6.45, 7) is 4.28. The van der Waals surface area contributed by atoms with Gasteiger partial charge in [0.25, 0.3) is 0 Å². The summed E-state index contributed by atoms with van der Waals surface area (Å²) in [5.74, 6) is -2.60. The highest BCUT2D eigenvalue weighted by atomic mass is 32.2. The van der Waals surface area contributed by atoms with Gasteiger partial charge in [-0.15, -0.1) is 0 Å². The Bertz CT molecular complexity index is 2700. The highest BCUT2D eigenvalue weighted by Crippen LogP contribution is 2.50. The lowest BCUT2D eigenvalue weighted by Gasteiger charge is -2.48. The summed E-state index contributed by atoms with van der Waals surface area (Å²) in [4.78, 5) is 43.4. The molecule has 0 bridgehead atoms. The number of halogens is 2. The third-order valence-corrected chi connectivity index (χ3v) is 16.1. The molecule has 14 heteroatoms. The van der Waals surface area contributed by atoms with Crippen molar-refractivity contribution in [3.63, 3.8) is 0 Å². The Labute approximate surface area is 404 Å². The minimum absolute atomic E-state index is 0.140. The summed E-state index contributed by atoms with van der Waals surface area (Å²) in [5.41, 5.74) is 4.55. The van der Waals surface area contributed by atoms with Crippen molar-refractivity contribution >= 4 is 44.6 Å². The Kier molecular flexibility index (Phi) is 16.4. The van der Waals surface area contributed by atoms with Crippen molar-refractivity contribution < 1.29 is 41.8 Å². The van der Waals surface area contributed by atoms with Crippen LogP contribution in [0.4, 0.5) is 25.8 Å². The molecular formula is C55H64F2N4O7S. The molecule has 6 unspecified atom stereocenters. The third kappa shape index (κ3) is 11.7. The summed E-state index contributed by atoms with van der Waals surface area (Å²) in [6, 6.07) is 31.2. The number of unbranched alkanes of at least 4 members (excludes halogenated alkanes) is 2. The number of carbonyl (C=O) groups excluding carboxylic acids is 3. The van der Waals surface area contributed by atoms with Crippen LogP contribution in [-0.4, -0.2) is 62.3 Å². The molecule has 5 aromatic rings. The second-order valence-electron chi connectivity index (χ2n) is 18.9. The Balaban J connectivity index is 0.932. The van der Waals surface area contributed by atoms with E-state index in [0.29, 0.717) is 60.2 Å². The lowest BCUT2D eigenvalue weighted by Crippen LogP contribution is -2.55. The Hall–Kier alpha value is -5.96. The summed E-state index contributed by atoms with van der Waals surface area (Å²) in [6.07, 6.45) is 2.83. The fraction of sp³-hybridized carbons (Fsp3) is 0.400. The number of nitrogens with zero attached hydrogens (tertiary/aromatic N) is 2. The van der Waals surface area contributed by atoms with E-state index in [0.717, 1.165) is 29.7 Å². The van der Waals surface area contributed by atoms with Crippen molar-refractivity contribution in [2.45, 2.75) is 114 Å². The van der Waals surface area contributed by atoms with Crippen LogP contribution >= 0.6 is 0 Å². The predicted octanol–water partition coefficient (Wildman–Crippen LogP) is 9.93. The van der Waals surface area contributed by atoms with Crippen molar-refractivity contribution in [3.05, 3.63) is 155 Å². The van der Waals surface area contributed by atoms with Crippen LogP contribution in [0.3, 0.4) is 0 Å². The average molecular weight is 963 g/mol. The number of carbonyl (C=O) groups is 3. The number of fused-ring (bicyclic) bond motifs is 1. The van der Waals surface area contributed by atoms with Crippen molar-refractivity contribution in [2.24, 2.45) is 11.3 Å². The zero-order valence-electron chi connectivity index (χ0n) is 39.8. The summed E-state index contributed by atoms with van der Waals surface area (Å²) in [7, 11) is 0.0283. The van der Waals surface area contributed by atoms with Crippen LogP contribution < -0.4 is 20.4 Å². The maximum Gasteiger partial charge on any atom is 0.233 e. The minimum Gasteiger partial charge on any atom is -0.392 e. The number of amides is 3. The van der Waals surface area contributed by atoms with Crippen molar-refractivity contribution in [3.8, 4) is 0 Å². The number of rotatable bonds is 20. The lowest BCUT2D eigenvalue weighted by atomic mass is 9.69. The van der Waals surface area contributed by atoms with Crippen molar-refractivity contribution in [2.75, 3.05) is 35.0 Å². The second kappa shape index (κ2) is 22.2. The molecule has 3 amide bonds. The van der Waals surface area contributed by atoms with Gasteiger partial charge in [-0.2, -0.15) is 0 Å². The first-order valence-electron chi connectivity index (χ1n) is 24.0. The van der Waals surface area contributed by atoms with Gasteiger partial charge >= 0.3 is 0 Å². The monoisotopic (exact) mass is 962 g/mol. The molecule has 0 aromatic heterocycles. The van der Waals surface area contributed by atoms with Gasteiger partial charge in [-0.05, 0) is 133 Å². The van der Waals surface area contributed by atoms with E-state index in [1.165, 1.54) is 36.4 Å². The maximum atomic E-state index is 14.1. The quantitative estimate of drug-likeness (QED) is 0.0444. The van der Waals surface area contributed by atoms with Gasteiger partial charge in [0.15, 0.2) is 9.84 Å². The number of nitrogens with one attached hydrogen (secondary N) is 2. The molecule has 11 nitrogen and oxygen atoms in total. The van der Waals surface area contributed by atoms with Gasteiger partial charge in [-0.1, -0.05) is 75.2 Å². The topological polar surface area (TPSA) is 156 Å². The zero-order chi connectivity index (χ0) is 49.5. The molecular weight excluding hydrogens is 899 g/mol. The minimum atomic E-state index is -3.75. The Morgan fingerprint density at radius 2 is 1.51 bits per heavy atom. The van der Waals surface area contributed by atoms with Gasteiger partial charge in [0, 0.05) is 61.9 Å². The van der Waals surface area contributed by atoms with E-state index in [4.69, 9.17) is 0 Å². The molecule has 2 heterocycles. The van der Waals surface area contributed by atoms with E-state index >= 15 is 0 Å². The Morgan fingerprint density at radius 1 is 0.841 bits per heavy atom. The molecule has 0 saturated carbocycles. The van der Waals surface area contributed by atoms with E-state index in [9.17, 15) is 41.8 Å². The second-order valence-corrected chi connectivity index (χ2v) is 20.9. The van der Waals surface area contributed by atoms with Crippen LogP contribution in [0.2, 0.25) is 0 Å². The molecule has 1 saturated heterocycles. The first-order valence-corrected chi connectivity index (χ1v) is 25.7. The lowest BCUT2D eigenvalue weighted by molar-refractivity contribution is -0.131. The number of sulfone groups is 1. The van der Waals surface area contributed by atoms with Gasteiger partial charge in [-0.25, -0.2) is 17.2 Å². The van der Waals surface area contributed by atoms with Crippen LogP contribution in [0.5, 0.6) is 0 Å². The number of aliphatic hydroxyl groups is 2. The Morgan fingerprint density at radius 3 is 2.16 bits per heavy atom. The number of hydrogen-bond donors (Lipinski definition) is 4. The van der Waals surface area contributed by atoms with Gasteiger partial charge in [0.1, 0.15) is 11.6 Å². The van der Waals surface area contributed by atoms with Crippen LogP contribution in [-0.2, 0) is 30.8 Å². The molecule has 69 heavy (non-hydrogen) atoms. The van der Waals surface area contributed by atoms with E-state index in [1.807, 2.05) is 74.4 Å². The molecule has 4 N–H and O–H groups in total. The number of hydrogen-bond acceptors (Lipinski definition) is 8. The summed E-state index contributed by atoms with van der Waals surface area (Å²) in [5, 5.41) is 29.1. The first kappa shape index (κ1) is 50.9. The predicted molar refractivity (Wildman–Crippen MR) is 265 cm³/mol. The van der Waals surface area contributed by atoms with Crippen molar-refractivity contribution in [1.29, 1.82) is 0 Å². The van der Waals surface area contributed by atoms with E-state index < -0.39 is 50.9 Å². The fourth-order valence-electron chi connectivity index (χ4n) is 10.0. The normalized spacial score (nSPS) is 21.1. The van der Waals surface area contributed by atoms with E-state index in [2.05, 4.69) is 17.6 Å². The van der Waals surface area contributed by atoms with Gasteiger partial charge < -0.3 is 30.6 Å². The maximum absolute atomic E-state index is 14.1. The molecule has 7 rings (SSSR count). The first-order chi connectivity index (χ1) is 33.0. The number of benzene rings is 5. The SMILES string of the molecule is CCCCC1(CC)CS(=O)(=O)c2ccc(N(C)C)cc2C(c2cccc(NC(=O)CCCCC(=O)NCc3ccc(C4C(CCC(O)c5ccc(F)cc5)C(=O)N4c4ccc(F)cc4)cc3)c2)C1O. The van der Waals surface area contributed by atoms with Crippen molar-refractivity contribution in [1.82, 2.24) is 5.32 Å².